The number of rotatable bonds is 34. The van der Waals surface area contributed by atoms with Crippen molar-refractivity contribution in [3.8, 4) is 0 Å². The molecule has 224 valence electrons. The fraction of sp³-hybridized carbons (Fsp3) is 1.00. The van der Waals surface area contributed by atoms with E-state index in [-0.39, 0.29) is 0 Å². The molecule has 0 saturated carbocycles. The van der Waals surface area contributed by atoms with E-state index in [4.69, 9.17) is 23.7 Å². The topological polar surface area (TPSA) is 46.2 Å². The SMILES string of the molecule is CCCCCCCCCCCCCCCCCCOCCOCCOCCOCCOCCCCCC. The van der Waals surface area contributed by atoms with Crippen LogP contribution in [-0.4, -0.2) is 66.1 Å². The van der Waals surface area contributed by atoms with Gasteiger partial charge in [-0.05, 0) is 12.8 Å². The van der Waals surface area contributed by atoms with Crippen LogP contribution in [0.5, 0.6) is 0 Å². The molecule has 0 aromatic rings. The van der Waals surface area contributed by atoms with Gasteiger partial charge in [-0.1, -0.05) is 129 Å². The summed E-state index contributed by atoms with van der Waals surface area (Å²) < 4.78 is 27.8. The molecule has 5 heteroatoms. The summed E-state index contributed by atoms with van der Waals surface area (Å²) >= 11 is 0. The van der Waals surface area contributed by atoms with Crippen LogP contribution in [0.4, 0.5) is 0 Å². The molecule has 0 radical (unpaired) electrons. The van der Waals surface area contributed by atoms with E-state index < -0.39 is 0 Å². The van der Waals surface area contributed by atoms with Gasteiger partial charge >= 0.3 is 0 Å². The Kier molecular flexibility index (Phi) is 35.6. The van der Waals surface area contributed by atoms with Crippen LogP contribution in [0.15, 0.2) is 0 Å². The molecule has 0 bridgehead atoms. The summed E-state index contributed by atoms with van der Waals surface area (Å²) in [4.78, 5) is 0. The molecule has 0 N–H and O–H groups in total. The average molecular weight is 531 g/mol. The van der Waals surface area contributed by atoms with Crippen LogP contribution in [0, 0.1) is 0 Å². The minimum absolute atomic E-state index is 0.607. The first-order valence-electron chi connectivity index (χ1n) is 16.3. The third-order valence-electron chi connectivity index (χ3n) is 6.77. The maximum Gasteiger partial charge on any atom is 0.0701 e. The van der Waals surface area contributed by atoms with Gasteiger partial charge in [0.25, 0.3) is 0 Å². The first-order chi connectivity index (χ1) is 18.4. The molecule has 5 nitrogen and oxygen atoms in total. The van der Waals surface area contributed by atoms with Crippen LogP contribution in [-0.2, 0) is 23.7 Å². The molecular formula is C32H66O5. The lowest BCUT2D eigenvalue weighted by Gasteiger charge is -2.08. The highest BCUT2D eigenvalue weighted by Gasteiger charge is 1.96. The van der Waals surface area contributed by atoms with Crippen LogP contribution in [0.25, 0.3) is 0 Å². The lowest BCUT2D eigenvalue weighted by Crippen LogP contribution is -2.13. The second-order valence-corrected chi connectivity index (χ2v) is 10.4. The highest BCUT2D eigenvalue weighted by molar-refractivity contribution is 4.50. The molecule has 0 rings (SSSR count). The zero-order chi connectivity index (χ0) is 26.7. The Labute approximate surface area is 232 Å². The largest absolute Gasteiger partial charge is 0.379 e. The van der Waals surface area contributed by atoms with Gasteiger partial charge in [0.1, 0.15) is 0 Å². The van der Waals surface area contributed by atoms with Crippen LogP contribution < -0.4 is 0 Å². The molecule has 0 aromatic heterocycles. The molecule has 0 aliphatic carbocycles. The van der Waals surface area contributed by atoms with E-state index in [9.17, 15) is 0 Å². The van der Waals surface area contributed by atoms with E-state index >= 15 is 0 Å². The van der Waals surface area contributed by atoms with E-state index in [1.807, 2.05) is 0 Å². The third-order valence-corrected chi connectivity index (χ3v) is 6.77. The monoisotopic (exact) mass is 530 g/mol. The maximum absolute atomic E-state index is 5.67. The average Bonchev–Trinajstić information content (AvgIpc) is 2.91. The molecule has 0 saturated heterocycles. The van der Waals surface area contributed by atoms with Gasteiger partial charge < -0.3 is 23.7 Å². The summed E-state index contributed by atoms with van der Waals surface area (Å²) in [5.74, 6) is 0. The second kappa shape index (κ2) is 35.8. The minimum atomic E-state index is 0.607. The Bertz CT molecular complexity index is 346. The summed E-state index contributed by atoms with van der Waals surface area (Å²) in [7, 11) is 0. The number of ether oxygens (including phenoxy) is 5. The number of hydrogen-bond donors (Lipinski definition) is 0. The maximum atomic E-state index is 5.67. The lowest BCUT2D eigenvalue weighted by molar-refractivity contribution is -0.0114. The fourth-order valence-electron chi connectivity index (χ4n) is 4.36. The van der Waals surface area contributed by atoms with E-state index in [2.05, 4.69) is 13.8 Å². The smallest absolute Gasteiger partial charge is 0.0701 e. The Hall–Kier alpha value is -0.200. The van der Waals surface area contributed by atoms with Crippen LogP contribution >= 0.6 is 0 Å². The Morgan fingerprint density at radius 3 is 0.676 bits per heavy atom. The number of unbranched alkanes of at least 4 members (excludes halogenated alkanes) is 18. The molecule has 0 aliphatic heterocycles. The van der Waals surface area contributed by atoms with Gasteiger partial charge in [-0.2, -0.15) is 0 Å². The van der Waals surface area contributed by atoms with Crippen molar-refractivity contribution in [2.45, 2.75) is 142 Å². The highest BCUT2D eigenvalue weighted by Crippen LogP contribution is 2.13. The lowest BCUT2D eigenvalue weighted by atomic mass is 10.0. The highest BCUT2D eigenvalue weighted by atomic mass is 16.6. The minimum Gasteiger partial charge on any atom is -0.379 e. The predicted octanol–water partition coefficient (Wildman–Crippen LogP) is 8.91. The van der Waals surface area contributed by atoms with E-state index in [1.165, 1.54) is 122 Å². The van der Waals surface area contributed by atoms with Gasteiger partial charge in [0.05, 0.1) is 52.9 Å². The van der Waals surface area contributed by atoms with E-state index in [0.717, 1.165) is 19.6 Å². The standard InChI is InChI=1S/C32H66O5/c1-3-5-7-9-10-11-12-13-14-15-16-17-18-19-20-22-24-34-26-28-36-30-32-37-31-29-35-27-25-33-23-21-8-6-4-2/h3-32H2,1-2H3. The molecule has 0 atom stereocenters. The zero-order valence-corrected chi connectivity index (χ0v) is 25.3. The van der Waals surface area contributed by atoms with Crippen molar-refractivity contribution in [2.75, 3.05) is 66.1 Å². The quantitative estimate of drug-likeness (QED) is 0.0777. The second-order valence-electron chi connectivity index (χ2n) is 10.4. The van der Waals surface area contributed by atoms with Gasteiger partial charge in [-0.25, -0.2) is 0 Å². The normalized spacial score (nSPS) is 11.5. The van der Waals surface area contributed by atoms with Crippen molar-refractivity contribution < 1.29 is 23.7 Å². The molecule has 0 aliphatic rings. The Morgan fingerprint density at radius 1 is 0.216 bits per heavy atom. The fourth-order valence-corrected chi connectivity index (χ4v) is 4.36. The molecular weight excluding hydrogens is 464 g/mol. The summed E-state index contributed by atoms with van der Waals surface area (Å²) in [6.45, 7) is 11.3. The van der Waals surface area contributed by atoms with Crippen molar-refractivity contribution in [1.82, 2.24) is 0 Å². The Morgan fingerprint density at radius 2 is 0.405 bits per heavy atom. The van der Waals surface area contributed by atoms with E-state index in [0.29, 0.717) is 52.9 Å². The van der Waals surface area contributed by atoms with Crippen LogP contribution in [0.2, 0.25) is 0 Å². The molecule has 0 unspecified atom stereocenters. The van der Waals surface area contributed by atoms with Crippen LogP contribution in [0.3, 0.4) is 0 Å². The zero-order valence-electron chi connectivity index (χ0n) is 25.3. The van der Waals surface area contributed by atoms with Crippen molar-refractivity contribution in [2.24, 2.45) is 0 Å². The Balaban J connectivity index is 3.00. The van der Waals surface area contributed by atoms with Gasteiger partial charge in [-0.3, -0.25) is 0 Å². The number of hydrogen-bond acceptors (Lipinski definition) is 5. The molecule has 0 fully saturated rings. The van der Waals surface area contributed by atoms with Crippen molar-refractivity contribution in [3.63, 3.8) is 0 Å². The first-order valence-corrected chi connectivity index (χ1v) is 16.3. The van der Waals surface area contributed by atoms with Gasteiger partial charge in [0, 0.05) is 13.2 Å². The van der Waals surface area contributed by atoms with Crippen LogP contribution in [0.1, 0.15) is 142 Å². The van der Waals surface area contributed by atoms with Crippen molar-refractivity contribution >= 4 is 0 Å². The molecule has 0 aromatic carbocycles. The first kappa shape index (κ1) is 36.8. The van der Waals surface area contributed by atoms with Gasteiger partial charge in [0.2, 0.25) is 0 Å². The summed E-state index contributed by atoms with van der Waals surface area (Å²) in [5, 5.41) is 0. The van der Waals surface area contributed by atoms with Gasteiger partial charge in [-0.15, -0.1) is 0 Å². The van der Waals surface area contributed by atoms with E-state index in [1.54, 1.807) is 0 Å². The van der Waals surface area contributed by atoms with Crippen molar-refractivity contribution in [1.29, 1.82) is 0 Å². The molecule has 37 heavy (non-hydrogen) atoms. The summed E-state index contributed by atoms with van der Waals surface area (Å²) in [5.41, 5.74) is 0. The summed E-state index contributed by atoms with van der Waals surface area (Å²) in [6, 6.07) is 0. The third kappa shape index (κ3) is 35.8. The summed E-state index contributed by atoms with van der Waals surface area (Å²) in [6.07, 6.45) is 27.4. The predicted molar refractivity (Wildman–Crippen MR) is 158 cm³/mol. The van der Waals surface area contributed by atoms with Gasteiger partial charge in [0.15, 0.2) is 0 Å². The molecule has 0 amide bonds. The molecule has 0 heterocycles. The van der Waals surface area contributed by atoms with Crippen molar-refractivity contribution in [3.05, 3.63) is 0 Å². The molecule has 0 spiro atoms.